The van der Waals surface area contributed by atoms with Gasteiger partial charge in [-0.2, -0.15) is 4.98 Å². The van der Waals surface area contributed by atoms with E-state index in [0.717, 1.165) is 10.5 Å². The van der Waals surface area contributed by atoms with Crippen LogP contribution < -0.4 is 0 Å². The highest BCUT2D eigenvalue weighted by atomic mass is 32.1. The van der Waals surface area contributed by atoms with Crippen LogP contribution in [0.5, 0.6) is 0 Å². The maximum Gasteiger partial charge on any atom is 0.208 e. The maximum atomic E-state index is 5.30. The Hall–Kier alpha value is -1.59. The normalized spacial score (nSPS) is 11.9. The van der Waals surface area contributed by atoms with Crippen molar-refractivity contribution in [3.63, 3.8) is 0 Å². The molecule has 0 radical (unpaired) electrons. The Bertz CT molecular complexity index is 807. The molecule has 0 fully saturated rings. The lowest BCUT2D eigenvalue weighted by Crippen LogP contribution is -2.10. The van der Waals surface area contributed by atoms with Gasteiger partial charge in [0.2, 0.25) is 4.77 Å². The first-order chi connectivity index (χ1) is 9.45. The van der Waals surface area contributed by atoms with Crippen molar-refractivity contribution in [1.82, 2.24) is 14.4 Å². The number of rotatable bonds is 1. The summed E-state index contributed by atoms with van der Waals surface area (Å²) in [6.07, 6.45) is 1.90. The van der Waals surface area contributed by atoms with E-state index in [4.69, 9.17) is 12.2 Å². The third-order valence-corrected chi connectivity index (χ3v) is 4.25. The van der Waals surface area contributed by atoms with Gasteiger partial charge in [-0.15, -0.1) is 11.3 Å². The molecule has 0 bridgehead atoms. The van der Waals surface area contributed by atoms with Crippen molar-refractivity contribution in [2.24, 2.45) is 0 Å². The second kappa shape index (κ2) is 4.75. The number of benzene rings is 1. The van der Waals surface area contributed by atoms with Crippen molar-refractivity contribution in [1.29, 1.82) is 0 Å². The van der Waals surface area contributed by atoms with E-state index in [0.29, 0.717) is 10.6 Å². The molecule has 3 aromatic rings. The zero-order valence-electron chi connectivity index (χ0n) is 11.6. The van der Waals surface area contributed by atoms with Gasteiger partial charge >= 0.3 is 0 Å². The molecule has 0 unspecified atom stereocenters. The molecule has 3 nitrogen and oxygen atoms in total. The van der Waals surface area contributed by atoms with E-state index in [1.54, 1.807) is 11.3 Å². The van der Waals surface area contributed by atoms with Crippen molar-refractivity contribution in [3.8, 4) is 11.4 Å². The fourth-order valence-electron chi connectivity index (χ4n) is 2.01. The topological polar surface area (TPSA) is 30.2 Å². The van der Waals surface area contributed by atoms with Crippen LogP contribution in [-0.2, 0) is 5.41 Å². The van der Waals surface area contributed by atoms with Gasteiger partial charge in [0.25, 0.3) is 0 Å². The Morgan fingerprint density at radius 1 is 1.10 bits per heavy atom. The van der Waals surface area contributed by atoms with E-state index < -0.39 is 0 Å². The van der Waals surface area contributed by atoms with Crippen LogP contribution in [0, 0.1) is 4.77 Å². The summed E-state index contributed by atoms with van der Waals surface area (Å²) >= 11 is 6.86. The summed E-state index contributed by atoms with van der Waals surface area (Å²) in [5.41, 5.74) is 2.45. The first kappa shape index (κ1) is 13.4. The SMILES string of the molecule is CC(C)(C)c1ccc(-c2nc(=S)n3ccsc3n2)cc1. The summed E-state index contributed by atoms with van der Waals surface area (Å²) in [5, 5.41) is 1.96. The second-order valence-corrected chi connectivity index (χ2v) is 6.95. The fraction of sp³-hybridized carbons (Fsp3) is 0.267. The molecule has 0 aliphatic rings. The molecule has 0 saturated heterocycles. The Labute approximate surface area is 127 Å². The number of aromatic nitrogens is 3. The Morgan fingerprint density at radius 2 is 1.80 bits per heavy atom. The number of hydrogen-bond acceptors (Lipinski definition) is 4. The molecular weight excluding hydrogens is 286 g/mol. The lowest BCUT2D eigenvalue weighted by Gasteiger charge is -2.18. The van der Waals surface area contributed by atoms with Gasteiger partial charge in [0.15, 0.2) is 10.8 Å². The van der Waals surface area contributed by atoms with Gasteiger partial charge in [0.1, 0.15) is 0 Å². The number of fused-ring (bicyclic) bond motifs is 1. The van der Waals surface area contributed by atoms with Gasteiger partial charge in [-0.05, 0) is 23.2 Å². The van der Waals surface area contributed by atoms with Crippen LogP contribution in [0.3, 0.4) is 0 Å². The van der Waals surface area contributed by atoms with Gasteiger partial charge in [-0.25, -0.2) is 4.98 Å². The molecule has 1 aromatic carbocycles. The molecule has 0 aliphatic carbocycles. The largest absolute Gasteiger partial charge is 0.267 e. The number of thiazole rings is 1. The highest BCUT2D eigenvalue weighted by molar-refractivity contribution is 7.71. The highest BCUT2D eigenvalue weighted by Crippen LogP contribution is 2.25. The summed E-state index contributed by atoms with van der Waals surface area (Å²) in [5.74, 6) is 0.693. The molecular formula is C15H15N3S2. The van der Waals surface area contributed by atoms with Gasteiger partial charge in [0, 0.05) is 17.1 Å². The number of nitrogens with zero attached hydrogens (tertiary/aromatic N) is 3. The maximum absolute atomic E-state index is 5.30. The van der Waals surface area contributed by atoms with Crippen LogP contribution in [0.25, 0.3) is 16.3 Å². The molecule has 20 heavy (non-hydrogen) atoms. The first-order valence-corrected chi connectivity index (χ1v) is 7.69. The van der Waals surface area contributed by atoms with Crippen LogP contribution >= 0.6 is 23.6 Å². The Morgan fingerprint density at radius 3 is 2.45 bits per heavy atom. The van der Waals surface area contributed by atoms with Crippen LogP contribution in [0.15, 0.2) is 35.8 Å². The van der Waals surface area contributed by atoms with E-state index >= 15 is 0 Å². The molecule has 0 amide bonds. The second-order valence-electron chi connectivity index (χ2n) is 5.71. The van der Waals surface area contributed by atoms with Crippen LogP contribution in [0.4, 0.5) is 0 Å². The van der Waals surface area contributed by atoms with Crippen LogP contribution in [0.1, 0.15) is 26.3 Å². The molecule has 0 atom stereocenters. The summed E-state index contributed by atoms with van der Waals surface area (Å²) in [6, 6.07) is 8.39. The van der Waals surface area contributed by atoms with Crippen molar-refractivity contribution < 1.29 is 0 Å². The minimum Gasteiger partial charge on any atom is -0.267 e. The molecule has 3 rings (SSSR count). The van der Waals surface area contributed by atoms with Gasteiger partial charge < -0.3 is 0 Å². The summed E-state index contributed by atoms with van der Waals surface area (Å²) in [6.45, 7) is 6.61. The molecule has 102 valence electrons. The molecule has 5 heteroatoms. The lowest BCUT2D eigenvalue weighted by molar-refractivity contribution is 0.590. The third-order valence-electron chi connectivity index (χ3n) is 3.21. The molecule has 0 spiro atoms. The predicted molar refractivity (Wildman–Crippen MR) is 85.8 cm³/mol. The molecule has 0 aliphatic heterocycles. The third kappa shape index (κ3) is 2.39. The van der Waals surface area contributed by atoms with Crippen molar-refractivity contribution in [3.05, 3.63) is 46.2 Å². The van der Waals surface area contributed by atoms with Crippen LogP contribution in [-0.4, -0.2) is 14.4 Å². The van der Waals surface area contributed by atoms with Crippen LogP contribution in [0.2, 0.25) is 0 Å². The standard InChI is InChI=1S/C15H15N3S2/c1-15(2,3)11-6-4-10(5-7-11)12-16-13(19)18-8-9-20-14(18)17-12/h4-9H,1-3H3. The van der Waals surface area contributed by atoms with E-state index in [1.807, 2.05) is 16.0 Å². The van der Waals surface area contributed by atoms with E-state index in [-0.39, 0.29) is 5.41 Å². The van der Waals surface area contributed by atoms with Crippen molar-refractivity contribution in [2.75, 3.05) is 0 Å². The smallest absolute Gasteiger partial charge is 0.208 e. The Kier molecular flexibility index (Phi) is 3.18. The molecule has 2 heterocycles. The van der Waals surface area contributed by atoms with E-state index in [1.165, 1.54) is 5.56 Å². The van der Waals surface area contributed by atoms with Crippen molar-refractivity contribution >= 4 is 28.5 Å². The van der Waals surface area contributed by atoms with E-state index in [9.17, 15) is 0 Å². The van der Waals surface area contributed by atoms with Gasteiger partial charge in [0.05, 0.1) is 0 Å². The average molecular weight is 301 g/mol. The lowest BCUT2D eigenvalue weighted by atomic mass is 9.87. The molecule has 0 N–H and O–H groups in total. The van der Waals surface area contributed by atoms with Gasteiger partial charge in [-0.1, -0.05) is 45.0 Å². The van der Waals surface area contributed by atoms with Gasteiger partial charge in [-0.3, -0.25) is 4.40 Å². The predicted octanol–water partition coefficient (Wildman–Crippen LogP) is 4.48. The Balaban J connectivity index is 2.09. The fourth-order valence-corrected chi connectivity index (χ4v) is 3.00. The van der Waals surface area contributed by atoms with E-state index in [2.05, 4.69) is 55.0 Å². The minimum absolute atomic E-state index is 0.149. The average Bonchev–Trinajstić information content (AvgIpc) is 2.86. The quantitative estimate of drug-likeness (QED) is 0.621. The molecule has 0 saturated carbocycles. The first-order valence-electron chi connectivity index (χ1n) is 6.40. The number of hydrogen-bond donors (Lipinski definition) is 0. The van der Waals surface area contributed by atoms with Crippen molar-refractivity contribution in [2.45, 2.75) is 26.2 Å². The summed E-state index contributed by atoms with van der Waals surface area (Å²) in [7, 11) is 0. The zero-order chi connectivity index (χ0) is 14.3. The monoisotopic (exact) mass is 301 g/mol. The minimum atomic E-state index is 0.149. The molecule has 2 aromatic heterocycles. The summed E-state index contributed by atoms with van der Waals surface area (Å²) < 4.78 is 2.37. The summed E-state index contributed by atoms with van der Waals surface area (Å²) in [4.78, 5) is 9.85. The zero-order valence-corrected chi connectivity index (χ0v) is 13.3. The highest BCUT2D eigenvalue weighted by Gasteiger charge is 2.13.